The monoisotopic (exact) mass is 502 g/mol. The van der Waals surface area contributed by atoms with E-state index in [2.05, 4.69) is 36.5 Å². The molecule has 174 valence electrons. The van der Waals surface area contributed by atoms with E-state index < -0.39 is 6.04 Å². The number of hydrogen-bond acceptors (Lipinski definition) is 2. The fourth-order valence-corrected chi connectivity index (χ4v) is 6.52. The van der Waals surface area contributed by atoms with E-state index in [-0.39, 0.29) is 37.1 Å². The van der Waals surface area contributed by atoms with Crippen LogP contribution in [0.5, 0.6) is 0 Å². The van der Waals surface area contributed by atoms with Crippen LogP contribution in [0, 0.1) is 0 Å². The predicted octanol–water partition coefficient (Wildman–Crippen LogP) is 4.72. The van der Waals surface area contributed by atoms with Gasteiger partial charge < -0.3 is 0 Å². The van der Waals surface area contributed by atoms with E-state index in [9.17, 15) is 9.59 Å². The normalized spacial score (nSPS) is 13.3. The van der Waals surface area contributed by atoms with Crippen LogP contribution in [0.25, 0.3) is 0 Å². The Labute approximate surface area is 200 Å². The SMILES string of the molecule is CCCCC[C@H]([Se]c1ccccc1)C(C(=O)NC(C)(C)C)N(Cc1ccccc1)C(C)=O. The number of hydrogen-bond donors (Lipinski definition) is 1. The summed E-state index contributed by atoms with van der Waals surface area (Å²) >= 11 is 0.0687. The molecule has 0 aromatic heterocycles. The molecule has 32 heavy (non-hydrogen) atoms. The molecule has 0 aliphatic heterocycles. The summed E-state index contributed by atoms with van der Waals surface area (Å²) in [6.07, 6.45) is 4.26. The van der Waals surface area contributed by atoms with Crippen molar-refractivity contribution in [3.63, 3.8) is 0 Å². The van der Waals surface area contributed by atoms with Gasteiger partial charge in [-0.05, 0) is 0 Å². The van der Waals surface area contributed by atoms with Crippen molar-refractivity contribution in [2.45, 2.75) is 83.2 Å². The van der Waals surface area contributed by atoms with Gasteiger partial charge in [0, 0.05) is 0 Å². The van der Waals surface area contributed by atoms with Gasteiger partial charge in [-0.2, -0.15) is 0 Å². The van der Waals surface area contributed by atoms with E-state index in [0.717, 1.165) is 31.2 Å². The molecule has 0 bridgehead atoms. The summed E-state index contributed by atoms with van der Waals surface area (Å²) in [7, 11) is 0. The van der Waals surface area contributed by atoms with Gasteiger partial charge in [-0.15, -0.1) is 0 Å². The van der Waals surface area contributed by atoms with Crippen LogP contribution in [0.15, 0.2) is 60.7 Å². The molecule has 0 fully saturated rings. The van der Waals surface area contributed by atoms with Crippen molar-refractivity contribution in [1.82, 2.24) is 10.2 Å². The number of amides is 2. The second kappa shape index (κ2) is 12.8. The number of rotatable bonds is 11. The Morgan fingerprint density at radius 3 is 2.09 bits per heavy atom. The molecule has 2 aromatic rings. The third kappa shape index (κ3) is 8.80. The van der Waals surface area contributed by atoms with Gasteiger partial charge >= 0.3 is 201 Å². The van der Waals surface area contributed by atoms with Gasteiger partial charge in [-0.1, -0.05) is 0 Å². The van der Waals surface area contributed by atoms with Gasteiger partial charge in [0.25, 0.3) is 0 Å². The van der Waals surface area contributed by atoms with E-state index >= 15 is 0 Å². The number of carbonyl (C=O) groups is 2. The molecule has 0 aliphatic carbocycles. The van der Waals surface area contributed by atoms with Crippen molar-refractivity contribution in [3.8, 4) is 0 Å². The number of benzene rings is 2. The van der Waals surface area contributed by atoms with Gasteiger partial charge in [-0.25, -0.2) is 0 Å². The molecule has 2 atom stereocenters. The third-order valence-electron chi connectivity index (χ3n) is 5.18. The van der Waals surface area contributed by atoms with Crippen LogP contribution in [0.4, 0.5) is 0 Å². The first-order chi connectivity index (χ1) is 15.2. The molecule has 0 aliphatic rings. The Bertz CT molecular complexity index is 834. The minimum atomic E-state index is -0.496. The summed E-state index contributed by atoms with van der Waals surface area (Å²) in [5.41, 5.74) is 0.675. The van der Waals surface area contributed by atoms with Crippen LogP contribution < -0.4 is 9.78 Å². The Kier molecular flexibility index (Phi) is 10.5. The standard InChI is InChI=1S/C27H38N2O2Se/c1-6-7-10-19-24(32-23-17-13-9-14-18-23)25(26(31)28-27(3,4)5)29(21(2)30)20-22-15-11-8-12-16-22/h8-9,11-18,24-25H,6-7,10,19-20H2,1-5H3,(H,28,31)/t24-,25?/m0/s1. The molecule has 0 spiro atoms. The van der Waals surface area contributed by atoms with Gasteiger partial charge in [0.2, 0.25) is 0 Å². The Morgan fingerprint density at radius 2 is 1.56 bits per heavy atom. The zero-order valence-electron chi connectivity index (χ0n) is 20.1. The Hall–Kier alpha value is -2.10. The topological polar surface area (TPSA) is 49.4 Å². The first kappa shape index (κ1) is 26.2. The molecule has 1 unspecified atom stereocenters. The number of nitrogens with one attached hydrogen (secondary N) is 1. The first-order valence-corrected chi connectivity index (χ1v) is 13.4. The van der Waals surface area contributed by atoms with Crippen molar-refractivity contribution in [3.05, 3.63) is 66.2 Å². The number of nitrogens with zero attached hydrogens (tertiary/aromatic N) is 1. The van der Waals surface area contributed by atoms with Crippen molar-refractivity contribution in [2.75, 3.05) is 0 Å². The van der Waals surface area contributed by atoms with Gasteiger partial charge in [-0.3, -0.25) is 0 Å². The summed E-state index contributed by atoms with van der Waals surface area (Å²) in [6, 6.07) is 19.9. The average molecular weight is 502 g/mol. The van der Waals surface area contributed by atoms with E-state index in [1.807, 2.05) is 57.2 Å². The molecular formula is C27H38N2O2Se. The van der Waals surface area contributed by atoms with Gasteiger partial charge in [0.05, 0.1) is 0 Å². The molecule has 0 saturated carbocycles. The summed E-state index contributed by atoms with van der Waals surface area (Å²) in [6.45, 7) is 10.2. The van der Waals surface area contributed by atoms with E-state index in [1.54, 1.807) is 11.8 Å². The van der Waals surface area contributed by atoms with Crippen molar-refractivity contribution in [2.24, 2.45) is 0 Å². The average Bonchev–Trinajstić information content (AvgIpc) is 2.73. The van der Waals surface area contributed by atoms with Crippen LogP contribution in [0.1, 0.15) is 65.9 Å². The van der Waals surface area contributed by atoms with Crippen LogP contribution in [-0.2, 0) is 16.1 Å². The Balaban J connectivity index is 2.44. The Morgan fingerprint density at radius 1 is 0.969 bits per heavy atom. The second-order valence-corrected chi connectivity index (χ2v) is 12.0. The zero-order chi connectivity index (χ0) is 23.6. The molecule has 0 saturated heterocycles. The number of unbranched alkanes of at least 4 members (excludes halogenated alkanes) is 2. The van der Waals surface area contributed by atoms with E-state index in [0.29, 0.717) is 6.54 Å². The van der Waals surface area contributed by atoms with Crippen molar-refractivity contribution >= 4 is 31.2 Å². The van der Waals surface area contributed by atoms with Gasteiger partial charge in [0.1, 0.15) is 0 Å². The van der Waals surface area contributed by atoms with Crippen LogP contribution in [-0.4, -0.2) is 43.3 Å². The molecule has 2 amide bonds. The second-order valence-electron chi connectivity index (χ2n) is 9.28. The number of carbonyl (C=O) groups excluding carboxylic acids is 2. The molecule has 2 aromatic carbocycles. The van der Waals surface area contributed by atoms with Crippen LogP contribution in [0.2, 0.25) is 4.82 Å². The van der Waals surface area contributed by atoms with E-state index in [1.165, 1.54) is 4.46 Å². The molecule has 1 N–H and O–H groups in total. The zero-order valence-corrected chi connectivity index (χ0v) is 21.8. The third-order valence-corrected chi connectivity index (χ3v) is 7.99. The van der Waals surface area contributed by atoms with Gasteiger partial charge in [0.15, 0.2) is 0 Å². The molecule has 0 heterocycles. The molecule has 5 heteroatoms. The summed E-state index contributed by atoms with van der Waals surface area (Å²) < 4.78 is 1.26. The maximum atomic E-state index is 13.7. The molecule has 4 nitrogen and oxygen atoms in total. The van der Waals surface area contributed by atoms with Crippen LogP contribution in [0.3, 0.4) is 0 Å². The first-order valence-electron chi connectivity index (χ1n) is 11.6. The van der Waals surface area contributed by atoms with Crippen molar-refractivity contribution in [1.29, 1.82) is 0 Å². The summed E-state index contributed by atoms with van der Waals surface area (Å²) in [5, 5.41) is 3.17. The quantitative estimate of drug-likeness (QED) is 0.358. The fourth-order valence-electron chi connectivity index (χ4n) is 3.69. The molecule has 0 radical (unpaired) electrons. The summed E-state index contributed by atoms with van der Waals surface area (Å²) in [5.74, 6) is -0.116. The fraction of sp³-hybridized carbons (Fsp3) is 0.481. The summed E-state index contributed by atoms with van der Waals surface area (Å²) in [4.78, 5) is 28.5. The molecular weight excluding hydrogens is 463 g/mol. The predicted molar refractivity (Wildman–Crippen MR) is 134 cm³/mol. The maximum absolute atomic E-state index is 13.7. The van der Waals surface area contributed by atoms with Crippen molar-refractivity contribution < 1.29 is 9.59 Å². The molecule has 2 rings (SSSR count). The minimum absolute atomic E-state index is 0.0528. The van der Waals surface area contributed by atoms with E-state index in [4.69, 9.17) is 0 Å². The van der Waals surface area contributed by atoms with Crippen LogP contribution >= 0.6 is 0 Å².